The standard InChI is InChI=1S/C21H26N2O4S/c1-15-5-8-17(9-6-15)28-14-20(24)22-12-16-7-10-18(19(11-16)26-4)27-13-21(25)23(2)3/h5-11H,12-14H2,1-4H3,(H,22,24). The Balaban J connectivity index is 1.85. The van der Waals surface area contributed by atoms with Gasteiger partial charge in [0.25, 0.3) is 5.91 Å². The van der Waals surface area contributed by atoms with E-state index in [2.05, 4.69) is 5.32 Å². The number of methoxy groups -OCH3 is 1. The smallest absolute Gasteiger partial charge is 0.259 e. The lowest BCUT2D eigenvalue weighted by molar-refractivity contribution is -0.130. The monoisotopic (exact) mass is 402 g/mol. The van der Waals surface area contributed by atoms with Crippen molar-refractivity contribution < 1.29 is 19.1 Å². The van der Waals surface area contributed by atoms with Crippen molar-refractivity contribution in [2.24, 2.45) is 0 Å². The minimum Gasteiger partial charge on any atom is -0.493 e. The molecule has 0 bridgehead atoms. The van der Waals surface area contributed by atoms with E-state index in [0.717, 1.165) is 10.5 Å². The summed E-state index contributed by atoms with van der Waals surface area (Å²) in [6.45, 7) is 2.36. The predicted octanol–water partition coefficient (Wildman–Crippen LogP) is 2.88. The molecule has 2 amide bonds. The van der Waals surface area contributed by atoms with Crippen LogP contribution in [0.4, 0.5) is 0 Å². The molecule has 0 fully saturated rings. The quantitative estimate of drug-likeness (QED) is 0.654. The number of hydrogen-bond acceptors (Lipinski definition) is 5. The van der Waals surface area contributed by atoms with E-state index in [1.165, 1.54) is 29.3 Å². The molecule has 0 heterocycles. The van der Waals surface area contributed by atoms with Crippen molar-refractivity contribution in [3.63, 3.8) is 0 Å². The highest BCUT2D eigenvalue weighted by molar-refractivity contribution is 8.00. The molecule has 150 valence electrons. The van der Waals surface area contributed by atoms with Crippen molar-refractivity contribution in [3.8, 4) is 11.5 Å². The van der Waals surface area contributed by atoms with Crippen LogP contribution in [0.5, 0.6) is 11.5 Å². The molecule has 0 atom stereocenters. The Bertz CT molecular complexity index is 807. The molecule has 0 aromatic heterocycles. The van der Waals surface area contributed by atoms with Crippen LogP contribution in [0, 0.1) is 6.92 Å². The average molecular weight is 403 g/mol. The highest BCUT2D eigenvalue weighted by atomic mass is 32.2. The summed E-state index contributed by atoms with van der Waals surface area (Å²) in [6, 6.07) is 13.5. The fraction of sp³-hybridized carbons (Fsp3) is 0.333. The molecule has 2 aromatic rings. The predicted molar refractivity (Wildman–Crippen MR) is 111 cm³/mol. The van der Waals surface area contributed by atoms with Gasteiger partial charge < -0.3 is 19.7 Å². The van der Waals surface area contributed by atoms with Crippen LogP contribution in [0.3, 0.4) is 0 Å². The van der Waals surface area contributed by atoms with Gasteiger partial charge in [0, 0.05) is 25.5 Å². The number of rotatable bonds is 9. The summed E-state index contributed by atoms with van der Waals surface area (Å²) in [5.74, 6) is 1.19. The molecular formula is C21H26N2O4S. The molecule has 0 spiro atoms. The molecule has 0 aliphatic carbocycles. The van der Waals surface area contributed by atoms with Crippen molar-refractivity contribution >= 4 is 23.6 Å². The summed E-state index contributed by atoms with van der Waals surface area (Å²) in [7, 11) is 4.88. The number of ether oxygens (including phenoxy) is 2. The molecule has 0 aliphatic rings. The molecule has 0 saturated heterocycles. The van der Waals surface area contributed by atoms with Crippen LogP contribution < -0.4 is 14.8 Å². The Morgan fingerprint density at radius 2 is 1.79 bits per heavy atom. The largest absolute Gasteiger partial charge is 0.493 e. The second kappa shape index (κ2) is 10.6. The number of carbonyl (C=O) groups excluding carboxylic acids is 2. The fourth-order valence-corrected chi connectivity index (χ4v) is 2.97. The highest BCUT2D eigenvalue weighted by Gasteiger charge is 2.10. The fourth-order valence-electron chi connectivity index (χ4n) is 2.24. The van der Waals surface area contributed by atoms with Gasteiger partial charge in [0.15, 0.2) is 18.1 Å². The Kier molecular flexibility index (Phi) is 8.19. The van der Waals surface area contributed by atoms with Gasteiger partial charge in [0.1, 0.15) is 0 Å². The Labute approximate surface area is 170 Å². The molecular weight excluding hydrogens is 376 g/mol. The summed E-state index contributed by atoms with van der Waals surface area (Å²) in [6.07, 6.45) is 0. The number of carbonyl (C=O) groups is 2. The van der Waals surface area contributed by atoms with Gasteiger partial charge in [-0.2, -0.15) is 0 Å². The molecule has 0 unspecified atom stereocenters. The zero-order chi connectivity index (χ0) is 20.5. The van der Waals surface area contributed by atoms with Crippen LogP contribution in [0.25, 0.3) is 0 Å². The molecule has 6 nitrogen and oxygen atoms in total. The maximum absolute atomic E-state index is 12.1. The third-order valence-electron chi connectivity index (χ3n) is 3.96. The first-order chi connectivity index (χ1) is 13.4. The third kappa shape index (κ3) is 6.81. The number of thioether (sulfide) groups is 1. The van der Waals surface area contributed by atoms with Crippen molar-refractivity contribution in [2.45, 2.75) is 18.4 Å². The van der Waals surface area contributed by atoms with Gasteiger partial charge in [0.05, 0.1) is 12.9 Å². The van der Waals surface area contributed by atoms with Crippen LogP contribution in [-0.2, 0) is 16.1 Å². The van der Waals surface area contributed by atoms with Crippen LogP contribution in [0.2, 0.25) is 0 Å². The summed E-state index contributed by atoms with van der Waals surface area (Å²) < 4.78 is 10.9. The van der Waals surface area contributed by atoms with Gasteiger partial charge in [-0.1, -0.05) is 23.8 Å². The van der Waals surface area contributed by atoms with E-state index in [1.807, 2.05) is 37.3 Å². The van der Waals surface area contributed by atoms with Gasteiger partial charge in [-0.05, 0) is 36.8 Å². The minimum absolute atomic E-state index is 0.0403. The van der Waals surface area contributed by atoms with Gasteiger partial charge in [-0.3, -0.25) is 9.59 Å². The minimum atomic E-state index is -0.135. The molecule has 0 saturated carbocycles. The van der Waals surface area contributed by atoms with Gasteiger partial charge in [-0.15, -0.1) is 11.8 Å². The lowest BCUT2D eigenvalue weighted by atomic mass is 10.2. The van der Waals surface area contributed by atoms with Crippen LogP contribution >= 0.6 is 11.8 Å². The topological polar surface area (TPSA) is 67.9 Å². The second-order valence-electron chi connectivity index (χ2n) is 6.44. The number of likely N-dealkylation sites (N-methyl/N-ethyl adjacent to an activating group) is 1. The normalized spacial score (nSPS) is 10.3. The molecule has 0 aliphatic heterocycles. The summed E-state index contributed by atoms with van der Waals surface area (Å²) in [4.78, 5) is 26.3. The first kappa shape index (κ1) is 21.6. The number of hydrogen-bond donors (Lipinski definition) is 1. The molecule has 2 aromatic carbocycles. The van der Waals surface area contributed by atoms with Gasteiger partial charge in [0.2, 0.25) is 5.91 Å². The Morgan fingerprint density at radius 3 is 2.43 bits per heavy atom. The van der Waals surface area contributed by atoms with E-state index < -0.39 is 0 Å². The number of benzene rings is 2. The SMILES string of the molecule is COc1cc(CNC(=O)CSc2ccc(C)cc2)ccc1OCC(=O)N(C)C. The van der Waals surface area contributed by atoms with E-state index >= 15 is 0 Å². The van der Waals surface area contributed by atoms with Crippen LogP contribution in [0.15, 0.2) is 47.4 Å². The summed E-state index contributed by atoms with van der Waals surface area (Å²) in [5, 5.41) is 2.90. The average Bonchev–Trinajstić information content (AvgIpc) is 2.70. The molecule has 1 N–H and O–H groups in total. The summed E-state index contributed by atoms with van der Waals surface area (Å²) in [5.41, 5.74) is 2.08. The maximum Gasteiger partial charge on any atom is 0.259 e. The summed E-state index contributed by atoms with van der Waals surface area (Å²) >= 11 is 1.50. The first-order valence-corrected chi connectivity index (χ1v) is 9.83. The lowest BCUT2D eigenvalue weighted by Gasteiger charge is -2.14. The lowest BCUT2D eigenvalue weighted by Crippen LogP contribution is -2.27. The molecule has 28 heavy (non-hydrogen) atoms. The zero-order valence-electron chi connectivity index (χ0n) is 16.7. The van der Waals surface area contributed by atoms with Crippen LogP contribution in [0.1, 0.15) is 11.1 Å². The van der Waals surface area contributed by atoms with E-state index in [0.29, 0.717) is 23.8 Å². The number of nitrogens with one attached hydrogen (secondary N) is 1. The van der Waals surface area contributed by atoms with Crippen LogP contribution in [-0.4, -0.2) is 50.3 Å². The van der Waals surface area contributed by atoms with E-state index in [9.17, 15) is 9.59 Å². The highest BCUT2D eigenvalue weighted by Crippen LogP contribution is 2.28. The second-order valence-corrected chi connectivity index (χ2v) is 7.49. The van der Waals surface area contributed by atoms with Crippen molar-refractivity contribution in [1.82, 2.24) is 10.2 Å². The van der Waals surface area contributed by atoms with Crippen molar-refractivity contribution in [2.75, 3.05) is 33.6 Å². The van der Waals surface area contributed by atoms with E-state index in [4.69, 9.17) is 9.47 Å². The van der Waals surface area contributed by atoms with Gasteiger partial charge in [-0.25, -0.2) is 0 Å². The first-order valence-electron chi connectivity index (χ1n) is 8.85. The Morgan fingerprint density at radius 1 is 1.07 bits per heavy atom. The van der Waals surface area contributed by atoms with Crippen molar-refractivity contribution in [1.29, 1.82) is 0 Å². The number of amides is 2. The third-order valence-corrected chi connectivity index (χ3v) is 4.97. The van der Waals surface area contributed by atoms with E-state index in [1.54, 1.807) is 26.2 Å². The number of nitrogens with zero attached hydrogens (tertiary/aromatic N) is 1. The molecule has 0 radical (unpaired) electrons. The zero-order valence-corrected chi connectivity index (χ0v) is 17.5. The molecule has 2 rings (SSSR count). The van der Waals surface area contributed by atoms with Crippen molar-refractivity contribution in [3.05, 3.63) is 53.6 Å². The Hall–Kier alpha value is -2.67. The maximum atomic E-state index is 12.1. The molecule has 7 heteroatoms. The number of aryl methyl sites for hydroxylation is 1. The van der Waals surface area contributed by atoms with Gasteiger partial charge >= 0.3 is 0 Å². The van der Waals surface area contributed by atoms with E-state index in [-0.39, 0.29) is 18.4 Å².